The first-order valence-electron chi connectivity index (χ1n) is 4.00. The van der Waals surface area contributed by atoms with Crippen LogP contribution in [0.1, 0.15) is 11.1 Å². The standard InChI is InChI=1S/C10H8ClN3/c1-8-4-5-10(11)7-9(8)3-2-6-13-14-12/h4-5,7H,6H2,1H3. The van der Waals surface area contributed by atoms with E-state index in [9.17, 15) is 0 Å². The van der Waals surface area contributed by atoms with E-state index < -0.39 is 0 Å². The molecule has 0 aliphatic carbocycles. The molecule has 14 heavy (non-hydrogen) atoms. The van der Waals surface area contributed by atoms with Crippen molar-refractivity contribution in [1.29, 1.82) is 0 Å². The molecule has 3 nitrogen and oxygen atoms in total. The Labute approximate surface area is 87.3 Å². The number of hydrogen-bond acceptors (Lipinski definition) is 1. The largest absolute Gasteiger partial charge is 0.0919 e. The molecule has 70 valence electrons. The second kappa shape index (κ2) is 5.18. The van der Waals surface area contributed by atoms with Gasteiger partial charge in [-0.1, -0.05) is 34.6 Å². The van der Waals surface area contributed by atoms with Gasteiger partial charge in [0.05, 0.1) is 6.54 Å². The average Bonchev–Trinajstić information content (AvgIpc) is 2.18. The molecule has 4 heteroatoms. The van der Waals surface area contributed by atoms with E-state index in [0.717, 1.165) is 11.1 Å². The number of hydrogen-bond donors (Lipinski definition) is 0. The topological polar surface area (TPSA) is 48.8 Å². The second-order valence-corrected chi connectivity index (χ2v) is 3.09. The van der Waals surface area contributed by atoms with Gasteiger partial charge in [0.25, 0.3) is 0 Å². The molecule has 1 aromatic carbocycles. The quantitative estimate of drug-likeness (QED) is 0.292. The Bertz CT molecular complexity index is 436. The maximum Gasteiger partial charge on any atom is 0.0880 e. The number of nitrogens with zero attached hydrogens (tertiary/aromatic N) is 3. The minimum absolute atomic E-state index is 0.183. The normalized spacial score (nSPS) is 8.43. The van der Waals surface area contributed by atoms with E-state index in [2.05, 4.69) is 21.9 Å². The molecule has 0 bridgehead atoms. The minimum atomic E-state index is 0.183. The Kier molecular flexibility index (Phi) is 3.87. The number of rotatable bonds is 1. The molecule has 0 spiro atoms. The Morgan fingerprint density at radius 3 is 3.07 bits per heavy atom. The Hall–Kier alpha value is -1.62. The van der Waals surface area contributed by atoms with Gasteiger partial charge in [-0.3, -0.25) is 0 Å². The van der Waals surface area contributed by atoms with Gasteiger partial charge in [-0.25, -0.2) is 0 Å². The van der Waals surface area contributed by atoms with Crippen LogP contribution in [0.25, 0.3) is 10.4 Å². The Balaban J connectivity index is 2.88. The lowest BCUT2D eigenvalue weighted by molar-refractivity contribution is 1.25. The summed E-state index contributed by atoms with van der Waals surface area (Å²) in [6, 6.07) is 5.51. The van der Waals surface area contributed by atoms with Crippen LogP contribution in [0.4, 0.5) is 0 Å². The van der Waals surface area contributed by atoms with Gasteiger partial charge in [-0.2, -0.15) is 0 Å². The van der Waals surface area contributed by atoms with Crippen LogP contribution >= 0.6 is 11.6 Å². The van der Waals surface area contributed by atoms with E-state index in [1.54, 1.807) is 6.07 Å². The molecule has 0 heterocycles. The van der Waals surface area contributed by atoms with Gasteiger partial charge in [0.2, 0.25) is 0 Å². The van der Waals surface area contributed by atoms with Crippen molar-refractivity contribution in [2.24, 2.45) is 5.11 Å². The van der Waals surface area contributed by atoms with E-state index in [-0.39, 0.29) is 6.54 Å². The molecule has 0 fully saturated rings. The van der Waals surface area contributed by atoms with Crippen LogP contribution in [-0.2, 0) is 0 Å². The molecule has 0 unspecified atom stereocenters. The van der Waals surface area contributed by atoms with Crippen LogP contribution in [0, 0.1) is 18.8 Å². The zero-order chi connectivity index (χ0) is 10.4. The lowest BCUT2D eigenvalue weighted by atomic mass is 10.1. The van der Waals surface area contributed by atoms with Crippen molar-refractivity contribution in [3.63, 3.8) is 0 Å². The van der Waals surface area contributed by atoms with E-state index in [0.29, 0.717) is 5.02 Å². The summed E-state index contributed by atoms with van der Waals surface area (Å²) in [5, 5.41) is 3.97. The van der Waals surface area contributed by atoms with Crippen molar-refractivity contribution in [2.75, 3.05) is 6.54 Å². The fourth-order valence-electron chi connectivity index (χ4n) is 0.931. The molecule has 0 saturated heterocycles. The maximum atomic E-state index is 8.03. The molecule has 0 N–H and O–H groups in total. The van der Waals surface area contributed by atoms with Gasteiger partial charge in [0.15, 0.2) is 0 Å². The van der Waals surface area contributed by atoms with Crippen LogP contribution in [0.15, 0.2) is 23.3 Å². The zero-order valence-electron chi connectivity index (χ0n) is 7.66. The Morgan fingerprint density at radius 1 is 1.57 bits per heavy atom. The molecule has 0 aliphatic rings. The van der Waals surface area contributed by atoms with Gasteiger partial charge in [-0.05, 0) is 30.2 Å². The molecular weight excluding hydrogens is 198 g/mol. The van der Waals surface area contributed by atoms with Crippen LogP contribution in [0.2, 0.25) is 5.02 Å². The summed E-state index contributed by atoms with van der Waals surface area (Å²) in [5.41, 5.74) is 9.96. The van der Waals surface area contributed by atoms with Crippen molar-refractivity contribution < 1.29 is 0 Å². The number of halogens is 1. The first-order valence-corrected chi connectivity index (χ1v) is 4.37. The van der Waals surface area contributed by atoms with Crippen LogP contribution in [0.3, 0.4) is 0 Å². The second-order valence-electron chi connectivity index (χ2n) is 2.65. The molecule has 0 atom stereocenters. The fraction of sp³-hybridized carbons (Fsp3) is 0.200. The summed E-state index contributed by atoms with van der Waals surface area (Å²) >= 11 is 5.81. The average molecular weight is 206 g/mol. The molecular formula is C10H8ClN3. The van der Waals surface area contributed by atoms with Crippen LogP contribution < -0.4 is 0 Å². The number of azide groups is 1. The summed E-state index contributed by atoms with van der Waals surface area (Å²) in [7, 11) is 0. The predicted octanol–water partition coefficient (Wildman–Crippen LogP) is 3.31. The molecule has 1 aromatic rings. The highest BCUT2D eigenvalue weighted by Gasteiger charge is 1.94. The molecule has 0 aromatic heterocycles. The summed E-state index contributed by atoms with van der Waals surface area (Å²) in [5.74, 6) is 5.63. The van der Waals surface area contributed by atoms with E-state index in [4.69, 9.17) is 17.1 Å². The summed E-state index contributed by atoms with van der Waals surface area (Å²) in [4.78, 5) is 2.60. The first kappa shape index (κ1) is 10.5. The number of benzene rings is 1. The highest BCUT2D eigenvalue weighted by molar-refractivity contribution is 6.30. The van der Waals surface area contributed by atoms with Gasteiger partial charge < -0.3 is 0 Å². The van der Waals surface area contributed by atoms with E-state index in [1.165, 1.54) is 0 Å². The SMILES string of the molecule is Cc1ccc(Cl)cc1C#CCN=[N+]=[N-]. The summed E-state index contributed by atoms with van der Waals surface area (Å²) < 4.78 is 0. The monoisotopic (exact) mass is 205 g/mol. The van der Waals surface area contributed by atoms with Gasteiger partial charge >= 0.3 is 0 Å². The van der Waals surface area contributed by atoms with Crippen molar-refractivity contribution in [1.82, 2.24) is 0 Å². The van der Waals surface area contributed by atoms with Crippen molar-refractivity contribution >= 4 is 11.6 Å². The third kappa shape index (κ3) is 3.02. The fourth-order valence-corrected chi connectivity index (χ4v) is 1.10. The van der Waals surface area contributed by atoms with Crippen molar-refractivity contribution in [3.05, 3.63) is 44.8 Å². The van der Waals surface area contributed by atoms with Gasteiger partial charge in [-0.15, -0.1) is 0 Å². The van der Waals surface area contributed by atoms with Crippen LogP contribution in [-0.4, -0.2) is 6.54 Å². The molecule has 0 aliphatic heterocycles. The highest BCUT2D eigenvalue weighted by Crippen LogP contribution is 2.13. The third-order valence-electron chi connectivity index (χ3n) is 1.64. The van der Waals surface area contributed by atoms with Crippen LogP contribution in [0.5, 0.6) is 0 Å². The smallest absolute Gasteiger partial charge is 0.0880 e. The lowest BCUT2D eigenvalue weighted by Crippen LogP contribution is -1.81. The van der Waals surface area contributed by atoms with Crippen molar-refractivity contribution in [3.8, 4) is 11.8 Å². The predicted molar refractivity (Wildman–Crippen MR) is 57.1 cm³/mol. The van der Waals surface area contributed by atoms with Gasteiger partial charge in [0.1, 0.15) is 0 Å². The molecule has 0 saturated carbocycles. The van der Waals surface area contributed by atoms with Crippen molar-refractivity contribution in [2.45, 2.75) is 6.92 Å². The molecule has 0 radical (unpaired) electrons. The first-order chi connectivity index (χ1) is 6.74. The zero-order valence-corrected chi connectivity index (χ0v) is 8.41. The third-order valence-corrected chi connectivity index (χ3v) is 1.87. The van der Waals surface area contributed by atoms with Gasteiger partial charge in [0, 0.05) is 15.5 Å². The summed E-state index contributed by atoms with van der Waals surface area (Å²) in [6.45, 7) is 2.14. The summed E-state index contributed by atoms with van der Waals surface area (Å²) in [6.07, 6.45) is 0. The molecule has 0 amide bonds. The van der Waals surface area contributed by atoms with E-state index in [1.807, 2.05) is 19.1 Å². The minimum Gasteiger partial charge on any atom is -0.0919 e. The highest BCUT2D eigenvalue weighted by atomic mass is 35.5. The lowest BCUT2D eigenvalue weighted by Gasteiger charge is -1.97. The van der Waals surface area contributed by atoms with E-state index >= 15 is 0 Å². The number of aryl methyl sites for hydroxylation is 1. The molecule has 1 rings (SSSR count). The maximum absolute atomic E-state index is 8.03. The Morgan fingerprint density at radius 2 is 2.36 bits per heavy atom.